The van der Waals surface area contributed by atoms with Crippen LogP contribution in [0.1, 0.15) is 26.7 Å². The van der Waals surface area contributed by atoms with E-state index in [-0.39, 0.29) is 6.04 Å². The molecule has 1 aliphatic rings. The van der Waals surface area contributed by atoms with Gasteiger partial charge in [0.15, 0.2) is 11.5 Å². The molecular weight excluding hydrogens is 302 g/mol. The molecule has 0 saturated carbocycles. The molecule has 1 aliphatic carbocycles. The molecule has 2 aromatic rings. The van der Waals surface area contributed by atoms with Crippen molar-refractivity contribution >= 4 is 16.7 Å². The van der Waals surface area contributed by atoms with Crippen molar-refractivity contribution in [2.75, 3.05) is 19.5 Å². The van der Waals surface area contributed by atoms with Crippen molar-refractivity contribution in [2.45, 2.75) is 32.7 Å². The highest BCUT2D eigenvalue weighted by atomic mass is 16.5. The molecule has 0 fully saturated rings. The van der Waals surface area contributed by atoms with E-state index in [0.29, 0.717) is 11.5 Å². The first-order valence-electron chi connectivity index (χ1n) is 8.10. The molecule has 1 aromatic carbocycles. The fourth-order valence-corrected chi connectivity index (χ4v) is 3.11. The van der Waals surface area contributed by atoms with Crippen LogP contribution >= 0.6 is 0 Å². The number of aromatic nitrogens is 2. The molecule has 0 bridgehead atoms. The van der Waals surface area contributed by atoms with Crippen molar-refractivity contribution < 1.29 is 9.47 Å². The topological polar surface area (TPSA) is 56.3 Å². The van der Waals surface area contributed by atoms with Crippen molar-refractivity contribution in [1.82, 2.24) is 9.97 Å². The van der Waals surface area contributed by atoms with E-state index in [4.69, 9.17) is 9.47 Å². The summed E-state index contributed by atoms with van der Waals surface area (Å²) in [5.41, 5.74) is 3.55. The summed E-state index contributed by atoms with van der Waals surface area (Å²) in [5.74, 6) is 2.11. The second-order valence-electron chi connectivity index (χ2n) is 6.12. The molecule has 0 aliphatic heterocycles. The quantitative estimate of drug-likeness (QED) is 0.866. The van der Waals surface area contributed by atoms with Crippen molar-refractivity contribution in [3.8, 4) is 11.5 Å². The van der Waals surface area contributed by atoms with Crippen LogP contribution in [0.3, 0.4) is 0 Å². The average Bonchev–Trinajstić information content (AvgIpc) is 2.98. The molecule has 126 valence electrons. The maximum absolute atomic E-state index is 5.47. The molecule has 0 amide bonds. The van der Waals surface area contributed by atoms with Gasteiger partial charge in [-0.3, -0.25) is 0 Å². The molecule has 0 spiro atoms. The van der Waals surface area contributed by atoms with E-state index in [9.17, 15) is 0 Å². The third-order valence-corrected chi connectivity index (χ3v) is 4.22. The maximum Gasteiger partial charge on any atom is 0.187 e. The highest BCUT2D eigenvalue weighted by Gasteiger charge is 2.15. The number of nitrogens with one attached hydrogen (secondary N) is 1. The second kappa shape index (κ2) is 6.91. The normalized spacial score (nSPS) is 15.0. The molecule has 3 rings (SSSR count). The lowest BCUT2D eigenvalue weighted by atomic mass is 10.1. The smallest absolute Gasteiger partial charge is 0.187 e. The first-order valence-corrected chi connectivity index (χ1v) is 8.10. The molecule has 0 saturated heterocycles. The maximum atomic E-state index is 5.47. The van der Waals surface area contributed by atoms with Crippen molar-refractivity contribution in [1.29, 1.82) is 0 Å². The third-order valence-electron chi connectivity index (χ3n) is 4.22. The minimum atomic E-state index is 0.279. The molecule has 1 N–H and O–H groups in total. The van der Waals surface area contributed by atoms with Gasteiger partial charge in [0.05, 0.1) is 14.2 Å². The lowest BCUT2D eigenvalue weighted by Gasteiger charge is -2.17. The predicted octanol–water partition coefficient (Wildman–Crippen LogP) is 4.11. The van der Waals surface area contributed by atoms with Gasteiger partial charge in [0.2, 0.25) is 0 Å². The number of anilines is 1. The van der Waals surface area contributed by atoms with Crippen LogP contribution in [0.25, 0.3) is 10.9 Å². The summed E-state index contributed by atoms with van der Waals surface area (Å²) in [7, 11) is 3.24. The number of allylic oxidation sites excluding steroid dienone is 3. The largest absolute Gasteiger partial charge is 0.493 e. The van der Waals surface area contributed by atoms with Crippen LogP contribution in [-0.4, -0.2) is 30.2 Å². The minimum Gasteiger partial charge on any atom is -0.493 e. The van der Waals surface area contributed by atoms with Gasteiger partial charge in [-0.25, -0.2) is 9.97 Å². The van der Waals surface area contributed by atoms with E-state index >= 15 is 0 Å². The summed E-state index contributed by atoms with van der Waals surface area (Å²) >= 11 is 0. The zero-order valence-electron chi connectivity index (χ0n) is 14.6. The predicted molar refractivity (Wildman–Crippen MR) is 96.8 cm³/mol. The van der Waals surface area contributed by atoms with Gasteiger partial charge in [-0.15, -0.1) is 0 Å². The summed E-state index contributed by atoms with van der Waals surface area (Å²) in [6.45, 7) is 4.31. The van der Waals surface area contributed by atoms with Crippen LogP contribution in [0.4, 0.5) is 5.82 Å². The molecule has 1 atom stereocenters. The summed E-state index contributed by atoms with van der Waals surface area (Å²) in [6.07, 6.45) is 8.13. The molecule has 0 radical (unpaired) electrons. The number of methoxy groups -OCH3 is 2. The standard InChI is InChI=1S/C19H23N3O2/c1-12-5-6-14(9-12)10-13(2)22-19-15-7-8-16(23-3)18(24-4)17(15)20-11-21-19/h5,7-9,11,13H,6,10H2,1-4H3,(H,20,21,22). The first kappa shape index (κ1) is 16.3. The van der Waals surface area contributed by atoms with Gasteiger partial charge in [0.1, 0.15) is 17.7 Å². The fraction of sp³-hybridized carbons (Fsp3) is 0.368. The Morgan fingerprint density at radius 1 is 1.21 bits per heavy atom. The van der Waals surface area contributed by atoms with Gasteiger partial charge in [-0.1, -0.05) is 23.3 Å². The summed E-state index contributed by atoms with van der Waals surface area (Å²) in [6, 6.07) is 4.13. The van der Waals surface area contributed by atoms with E-state index in [1.807, 2.05) is 12.1 Å². The van der Waals surface area contributed by atoms with Crippen LogP contribution in [-0.2, 0) is 0 Å². The molecule has 1 unspecified atom stereocenters. The Morgan fingerprint density at radius 2 is 2.04 bits per heavy atom. The van der Waals surface area contributed by atoms with Crippen LogP contribution < -0.4 is 14.8 Å². The number of rotatable bonds is 6. The Balaban J connectivity index is 1.86. The average molecular weight is 325 g/mol. The monoisotopic (exact) mass is 325 g/mol. The van der Waals surface area contributed by atoms with Crippen LogP contribution in [0.15, 0.2) is 41.8 Å². The second-order valence-corrected chi connectivity index (χ2v) is 6.12. The van der Waals surface area contributed by atoms with Gasteiger partial charge in [-0.05, 0) is 38.8 Å². The van der Waals surface area contributed by atoms with E-state index in [1.165, 1.54) is 11.1 Å². The van der Waals surface area contributed by atoms with Crippen LogP contribution in [0.2, 0.25) is 0 Å². The minimum absolute atomic E-state index is 0.279. The Bertz CT molecular complexity index is 812. The van der Waals surface area contributed by atoms with Gasteiger partial charge in [-0.2, -0.15) is 0 Å². The lowest BCUT2D eigenvalue weighted by molar-refractivity contribution is 0.358. The number of ether oxygens (including phenoxy) is 2. The molecule has 1 heterocycles. The van der Waals surface area contributed by atoms with Crippen molar-refractivity contribution in [3.63, 3.8) is 0 Å². The Hall–Kier alpha value is -2.56. The summed E-state index contributed by atoms with van der Waals surface area (Å²) in [5, 5.41) is 4.43. The van der Waals surface area contributed by atoms with Crippen LogP contribution in [0.5, 0.6) is 11.5 Å². The van der Waals surface area contributed by atoms with E-state index in [2.05, 4.69) is 41.3 Å². The van der Waals surface area contributed by atoms with Crippen molar-refractivity contribution in [3.05, 3.63) is 41.8 Å². The summed E-state index contributed by atoms with van der Waals surface area (Å²) in [4.78, 5) is 8.78. The fourth-order valence-electron chi connectivity index (χ4n) is 3.11. The Morgan fingerprint density at radius 3 is 2.71 bits per heavy atom. The number of hydrogen-bond acceptors (Lipinski definition) is 5. The number of fused-ring (bicyclic) bond motifs is 1. The number of nitrogens with zero attached hydrogens (tertiary/aromatic N) is 2. The number of benzene rings is 1. The third kappa shape index (κ3) is 3.20. The lowest BCUT2D eigenvalue weighted by Crippen LogP contribution is -2.17. The molecular formula is C19H23N3O2. The molecule has 24 heavy (non-hydrogen) atoms. The molecule has 5 heteroatoms. The van der Waals surface area contributed by atoms with E-state index < -0.39 is 0 Å². The highest BCUT2D eigenvalue weighted by molar-refractivity contribution is 5.94. The zero-order valence-corrected chi connectivity index (χ0v) is 14.6. The molecule has 1 aromatic heterocycles. The SMILES string of the molecule is COc1ccc2c(NC(C)CC3=CC(C)=CC3)ncnc2c1OC. The first-order chi connectivity index (χ1) is 11.6. The summed E-state index contributed by atoms with van der Waals surface area (Å²) < 4.78 is 10.8. The Kier molecular flexibility index (Phi) is 4.69. The van der Waals surface area contributed by atoms with Crippen LogP contribution in [0, 0.1) is 0 Å². The molecule has 5 nitrogen and oxygen atoms in total. The van der Waals surface area contributed by atoms with Gasteiger partial charge >= 0.3 is 0 Å². The van der Waals surface area contributed by atoms with Gasteiger partial charge < -0.3 is 14.8 Å². The van der Waals surface area contributed by atoms with Gasteiger partial charge in [0, 0.05) is 11.4 Å². The van der Waals surface area contributed by atoms with E-state index in [1.54, 1.807) is 20.5 Å². The zero-order chi connectivity index (χ0) is 17.1. The van der Waals surface area contributed by atoms with Crippen molar-refractivity contribution in [2.24, 2.45) is 0 Å². The number of hydrogen-bond donors (Lipinski definition) is 1. The highest BCUT2D eigenvalue weighted by Crippen LogP contribution is 2.36. The van der Waals surface area contributed by atoms with Gasteiger partial charge in [0.25, 0.3) is 0 Å². The van der Waals surface area contributed by atoms with E-state index in [0.717, 1.165) is 29.6 Å². The Labute approximate surface area is 142 Å².